The van der Waals surface area contributed by atoms with Gasteiger partial charge < -0.3 is 14.7 Å². The van der Waals surface area contributed by atoms with E-state index in [-0.39, 0.29) is 11.7 Å². The van der Waals surface area contributed by atoms with Crippen molar-refractivity contribution >= 4 is 12.1 Å². The van der Waals surface area contributed by atoms with Crippen molar-refractivity contribution in [1.82, 2.24) is 15.5 Å². The van der Waals surface area contributed by atoms with Crippen molar-refractivity contribution in [3.05, 3.63) is 35.7 Å². The lowest BCUT2D eigenvalue weighted by Crippen LogP contribution is -2.24. The van der Waals surface area contributed by atoms with Crippen LogP contribution in [0.1, 0.15) is 29.6 Å². The summed E-state index contributed by atoms with van der Waals surface area (Å²) in [7, 11) is 0. The van der Waals surface area contributed by atoms with Crippen LogP contribution >= 0.6 is 0 Å². The average Bonchev–Trinajstić information content (AvgIpc) is 3.08. The van der Waals surface area contributed by atoms with Crippen LogP contribution < -0.4 is 5.32 Å². The number of carbonyl (C=O) groups excluding carboxylic acids is 1. The molecular weight excluding hydrogens is 341 g/mol. The molecule has 2 aromatic rings. The number of carbonyl (C=O) groups is 1. The number of nitrogens with zero attached hydrogens (tertiary/aromatic N) is 3. The Kier molecular flexibility index (Phi) is 6.09. The molecule has 1 amide bonds. The van der Waals surface area contributed by atoms with E-state index >= 15 is 0 Å². The SMILES string of the molecule is CCO/N=C\CCNC(=O)c1ccc(-c2noc(C(F)(F)F)n2)cc1. The molecule has 0 aliphatic heterocycles. The summed E-state index contributed by atoms with van der Waals surface area (Å²) >= 11 is 0. The molecule has 0 aliphatic rings. The van der Waals surface area contributed by atoms with E-state index in [2.05, 4.69) is 25.1 Å². The molecule has 1 N–H and O–H groups in total. The molecule has 0 aliphatic carbocycles. The molecule has 7 nitrogen and oxygen atoms in total. The van der Waals surface area contributed by atoms with Crippen molar-refractivity contribution in [2.24, 2.45) is 5.16 Å². The highest BCUT2D eigenvalue weighted by molar-refractivity contribution is 5.94. The molecule has 2 rings (SSSR count). The third kappa shape index (κ3) is 5.30. The topological polar surface area (TPSA) is 89.6 Å². The first-order chi connectivity index (χ1) is 11.9. The van der Waals surface area contributed by atoms with Crippen LogP contribution in [0.15, 0.2) is 33.9 Å². The monoisotopic (exact) mass is 356 g/mol. The Morgan fingerprint density at radius 3 is 2.68 bits per heavy atom. The number of hydrogen-bond acceptors (Lipinski definition) is 6. The number of hydrogen-bond donors (Lipinski definition) is 1. The molecule has 1 aromatic carbocycles. The van der Waals surface area contributed by atoms with E-state index in [0.717, 1.165) is 0 Å². The number of halogens is 3. The molecule has 25 heavy (non-hydrogen) atoms. The largest absolute Gasteiger partial charge is 0.471 e. The number of nitrogens with one attached hydrogen (secondary N) is 1. The fourth-order valence-corrected chi connectivity index (χ4v) is 1.76. The van der Waals surface area contributed by atoms with Gasteiger partial charge in [-0.15, -0.1) is 0 Å². The average molecular weight is 356 g/mol. The van der Waals surface area contributed by atoms with Gasteiger partial charge in [0.2, 0.25) is 5.82 Å². The first-order valence-electron chi connectivity index (χ1n) is 7.35. The van der Waals surface area contributed by atoms with Crippen LogP contribution in [-0.4, -0.2) is 35.4 Å². The quantitative estimate of drug-likeness (QED) is 0.468. The molecule has 0 radical (unpaired) electrons. The molecule has 0 atom stereocenters. The van der Waals surface area contributed by atoms with Crippen LogP contribution in [0.4, 0.5) is 13.2 Å². The van der Waals surface area contributed by atoms with E-state index in [1.54, 1.807) is 13.1 Å². The second kappa shape index (κ2) is 8.27. The Hall–Kier alpha value is -2.91. The number of alkyl halides is 3. The zero-order valence-corrected chi connectivity index (χ0v) is 13.2. The number of aromatic nitrogens is 2. The van der Waals surface area contributed by atoms with Gasteiger partial charge in [0.25, 0.3) is 5.91 Å². The maximum atomic E-state index is 12.4. The summed E-state index contributed by atoms with van der Waals surface area (Å²) in [6.45, 7) is 2.65. The fraction of sp³-hybridized carbons (Fsp3) is 0.333. The Morgan fingerprint density at radius 1 is 1.36 bits per heavy atom. The first kappa shape index (κ1) is 18.4. The van der Waals surface area contributed by atoms with Crippen LogP contribution in [0.25, 0.3) is 11.4 Å². The van der Waals surface area contributed by atoms with Crippen LogP contribution in [0.3, 0.4) is 0 Å². The number of amides is 1. The zero-order chi connectivity index (χ0) is 18.3. The smallest absolute Gasteiger partial charge is 0.396 e. The molecule has 0 fully saturated rings. The summed E-state index contributed by atoms with van der Waals surface area (Å²) < 4.78 is 41.5. The van der Waals surface area contributed by atoms with E-state index in [0.29, 0.717) is 30.7 Å². The molecular formula is C15H15F3N4O3. The highest BCUT2D eigenvalue weighted by Crippen LogP contribution is 2.29. The Bertz CT molecular complexity index is 726. The van der Waals surface area contributed by atoms with Crippen LogP contribution in [0, 0.1) is 0 Å². The maximum Gasteiger partial charge on any atom is 0.471 e. The van der Waals surface area contributed by atoms with Gasteiger partial charge in [0.1, 0.15) is 6.61 Å². The van der Waals surface area contributed by atoms with E-state index in [9.17, 15) is 18.0 Å². The molecule has 1 heterocycles. The Morgan fingerprint density at radius 2 is 2.08 bits per heavy atom. The number of oxime groups is 1. The minimum atomic E-state index is -4.70. The van der Waals surface area contributed by atoms with Crippen LogP contribution in [-0.2, 0) is 11.0 Å². The molecule has 0 spiro atoms. The summed E-state index contributed by atoms with van der Waals surface area (Å²) in [4.78, 5) is 20.0. The summed E-state index contributed by atoms with van der Waals surface area (Å²) in [5.41, 5.74) is 0.657. The highest BCUT2D eigenvalue weighted by atomic mass is 19.4. The van der Waals surface area contributed by atoms with Gasteiger partial charge in [-0.1, -0.05) is 22.4 Å². The van der Waals surface area contributed by atoms with Gasteiger partial charge >= 0.3 is 12.1 Å². The summed E-state index contributed by atoms with van der Waals surface area (Å²) in [6, 6.07) is 5.80. The lowest BCUT2D eigenvalue weighted by atomic mass is 10.1. The Labute approximate surface area is 140 Å². The molecule has 134 valence electrons. The molecule has 0 saturated carbocycles. The van der Waals surface area contributed by atoms with Gasteiger partial charge in [0.15, 0.2) is 0 Å². The van der Waals surface area contributed by atoms with Crippen LogP contribution in [0.5, 0.6) is 0 Å². The van der Waals surface area contributed by atoms with Gasteiger partial charge in [-0.3, -0.25) is 4.79 Å². The normalized spacial score (nSPS) is 11.7. The van der Waals surface area contributed by atoms with Gasteiger partial charge in [-0.2, -0.15) is 18.2 Å². The fourth-order valence-electron chi connectivity index (χ4n) is 1.76. The van der Waals surface area contributed by atoms with Crippen molar-refractivity contribution < 1.29 is 27.3 Å². The van der Waals surface area contributed by atoms with Gasteiger partial charge in [-0.05, 0) is 19.1 Å². The zero-order valence-electron chi connectivity index (χ0n) is 13.2. The van der Waals surface area contributed by atoms with Crippen molar-refractivity contribution in [1.29, 1.82) is 0 Å². The summed E-state index contributed by atoms with van der Waals surface area (Å²) in [5, 5.41) is 9.60. The van der Waals surface area contributed by atoms with Gasteiger partial charge in [-0.25, -0.2) is 0 Å². The standard InChI is InChI=1S/C15H15F3N4O3/c1-2-24-20-9-3-8-19-13(23)11-6-4-10(5-7-11)12-21-14(25-22-12)15(16,17)18/h4-7,9H,2-3,8H2,1H3,(H,19,23)/b20-9-. The summed E-state index contributed by atoms with van der Waals surface area (Å²) in [6.07, 6.45) is -2.65. The van der Waals surface area contributed by atoms with E-state index < -0.39 is 12.1 Å². The molecule has 1 aromatic heterocycles. The lowest BCUT2D eigenvalue weighted by molar-refractivity contribution is -0.159. The first-order valence-corrected chi connectivity index (χ1v) is 7.35. The third-order valence-corrected chi connectivity index (χ3v) is 2.91. The molecule has 0 unspecified atom stereocenters. The van der Waals surface area contributed by atoms with E-state index in [1.807, 2.05) is 0 Å². The van der Waals surface area contributed by atoms with Crippen molar-refractivity contribution in [3.8, 4) is 11.4 Å². The minimum absolute atomic E-state index is 0.202. The van der Waals surface area contributed by atoms with Gasteiger partial charge in [0, 0.05) is 30.3 Å². The predicted molar refractivity (Wildman–Crippen MR) is 81.8 cm³/mol. The van der Waals surface area contributed by atoms with E-state index in [4.69, 9.17) is 4.84 Å². The predicted octanol–water partition coefficient (Wildman–Crippen LogP) is 2.90. The second-order valence-electron chi connectivity index (χ2n) is 4.75. The second-order valence-corrected chi connectivity index (χ2v) is 4.75. The van der Waals surface area contributed by atoms with Crippen molar-refractivity contribution in [2.75, 3.05) is 13.2 Å². The molecule has 0 saturated heterocycles. The minimum Gasteiger partial charge on any atom is -0.396 e. The molecule has 0 bridgehead atoms. The van der Waals surface area contributed by atoms with Crippen molar-refractivity contribution in [2.45, 2.75) is 19.5 Å². The maximum absolute atomic E-state index is 12.4. The number of benzene rings is 1. The highest BCUT2D eigenvalue weighted by Gasteiger charge is 2.38. The summed E-state index contributed by atoms with van der Waals surface area (Å²) in [5.74, 6) is -1.94. The molecule has 10 heteroatoms. The number of rotatable bonds is 7. The Balaban J connectivity index is 1.93. The lowest BCUT2D eigenvalue weighted by Gasteiger charge is -2.03. The van der Waals surface area contributed by atoms with Crippen molar-refractivity contribution in [3.63, 3.8) is 0 Å². The third-order valence-electron chi connectivity index (χ3n) is 2.91. The van der Waals surface area contributed by atoms with Gasteiger partial charge in [0.05, 0.1) is 0 Å². The van der Waals surface area contributed by atoms with E-state index in [1.165, 1.54) is 24.3 Å². The van der Waals surface area contributed by atoms with Crippen LogP contribution in [0.2, 0.25) is 0 Å².